The van der Waals surface area contributed by atoms with Crippen molar-refractivity contribution < 1.29 is 4.79 Å². The molecule has 0 saturated carbocycles. The third-order valence-electron chi connectivity index (χ3n) is 3.22. The van der Waals surface area contributed by atoms with Gasteiger partial charge in [0.25, 0.3) is 5.56 Å². The van der Waals surface area contributed by atoms with E-state index in [0.717, 1.165) is 5.69 Å². The quantitative estimate of drug-likeness (QED) is 0.615. The molecule has 0 bridgehead atoms. The van der Waals surface area contributed by atoms with Crippen molar-refractivity contribution in [3.8, 4) is 0 Å². The van der Waals surface area contributed by atoms with Crippen LogP contribution in [0.5, 0.6) is 0 Å². The van der Waals surface area contributed by atoms with E-state index in [4.69, 9.17) is 0 Å². The second kappa shape index (κ2) is 7.09. The predicted octanol–water partition coefficient (Wildman–Crippen LogP) is 0.0389. The van der Waals surface area contributed by atoms with Gasteiger partial charge in [0, 0.05) is 42.8 Å². The molecule has 9 nitrogen and oxygen atoms in total. The molecule has 24 heavy (non-hydrogen) atoms. The Hall–Kier alpha value is -2.27. The maximum Gasteiger partial charge on any atom is 0.258 e. The van der Waals surface area contributed by atoms with E-state index < -0.39 is 0 Å². The molecule has 0 aliphatic heterocycles. The van der Waals surface area contributed by atoms with Gasteiger partial charge in [0.15, 0.2) is 4.96 Å². The van der Waals surface area contributed by atoms with Gasteiger partial charge in [-0.15, -0.1) is 16.4 Å². The van der Waals surface area contributed by atoms with Crippen LogP contribution in [0.25, 0.3) is 4.96 Å². The summed E-state index contributed by atoms with van der Waals surface area (Å²) in [5.41, 5.74) is 1.46. The first kappa shape index (κ1) is 16.6. The van der Waals surface area contributed by atoms with Crippen LogP contribution in [-0.2, 0) is 18.3 Å². The van der Waals surface area contributed by atoms with Crippen molar-refractivity contribution in [3.63, 3.8) is 0 Å². The molecule has 3 aromatic heterocycles. The van der Waals surface area contributed by atoms with Gasteiger partial charge in [-0.05, 0) is 17.4 Å². The van der Waals surface area contributed by atoms with Gasteiger partial charge in [-0.2, -0.15) is 0 Å². The topological polar surface area (TPSA) is 107 Å². The molecule has 0 aliphatic carbocycles. The van der Waals surface area contributed by atoms with Crippen LogP contribution in [0.4, 0.5) is 0 Å². The predicted molar refractivity (Wildman–Crippen MR) is 90.3 cm³/mol. The molecule has 3 heterocycles. The molecule has 126 valence electrons. The molecule has 3 aromatic rings. The van der Waals surface area contributed by atoms with Gasteiger partial charge in [-0.1, -0.05) is 11.8 Å². The van der Waals surface area contributed by atoms with Crippen molar-refractivity contribution in [1.29, 1.82) is 0 Å². The molecule has 0 aliphatic rings. The molecular formula is C13H15N7O2S2. The van der Waals surface area contributed by atoms with Crippen molar-refractivity contribution in [3.05, 3.63) is 33.2 Å². The Bertz CT molecular complexity index is 930. The van der Waals surface area contributed by atoms with Gasteiger partial charge in [0.1, 0.15) is 0 Å². The average Bonchev–Trinajstić information content (AvgIpc) is 3.11. The Balaban J connectivity index is 1.54. The van der Waals surface area contributed by atoms with E-state index in [-0.39, 0.29) is 17.2 Å². The number of aryl methyl sites for hydroxylation is 2. The van der Waals surface area contributed by atoms with Crippen molar-refractivity contribution >= 4 is 34.0 Å². The first-order chi connectivity index (χ1) is 11.5. The van der Waals surface area contributed by atoms with Gasteiger partial charge < -0.3 is 5.32 Å². The molecule has 0 unspecified atom stereocenters. The zero-order valence-electron chi connectivity index (χ0n) is 13.1. The fourth-order valence-electron chi connectivity index (χ4n) is 2.11. The van der Waals surface area contributed by atoms with Crippen LogP contribution in [0.2, 0.25) is 0 Å². The summed E-state index contributed by atoms with van der Waals surface area (Å²) in [5, 5.41) is 16.3. The second-order valence-corrected chi connectivity index (χ2v) is 6.83. The van der Waals surface area contributed by atoms with Crippen LogP contribution in [0, 0.1) is 6.92 Å². The Labute approximate surface area is 145 Å². The highest BCUT2D eigenvalue weighted by molar-refractivity contribution is 7.99. The Morgan fingerprint density at radius 2 is 2.29 bits per heavy atom. The van der Waals surface area contributed by atoms with Crippen molar-refractivity contribution in [2.45, 2.75) is 18.5 Å². The monoisotopic (exact) mass is 365 g/mol. The van der Waals surface area contributed by atoms with Crippen molar-refractivity contribution in [1.82, 2.24) is 34.9 Å². The molecule has 0 saturated heterocycles. The highest BCUT2D eigenvalue weighted by Gasteiger charge is 2.10. The van der Waals surface area contributed by atoms with Crippen LogP contribution in [0.1, 0.15) is 11.4 Å². The second-order valence-electron chi connectivity index (χ2n) is 5.05. The van der Waals surface area contributed by atoms with E-state index in [0.29, 0.717) is 28.8 Å². The number of hydrogen-bond donors (Lipinski definition) is 1. The van der Waals surface area contributed by atoms with E-state index in [1.807, 2.05) is 5.38 Å². The van der Waals surface area contributed by atoms with E-state index in [1.165, 1.54) is 33.8 Å². The summed E-state index contributed by atoms with van der Waals surface area (Å²) in [7, 11) is 1.72. The summed E-state index contributed by atoms with van der Waals surface area (Å²) in [5.74, 6) is 0.128. The third kappa shape index (κ3) is 3.62. The minimum Gasteiger partial charge on any atom is -0.355 e. The van der Waals surface area contributed by atoms with Gasteiger partial charge >= 0.3 is 0 Å². The molecule has 0 radical (unpaired) electrons. The van der Waals surface area contributed by atoms with Gasteiger partial charge in [0.05, 0.1) is 5.75 Å². The van der Waals surface area contributed by atoms with E-state index in [9.17, 15) is 9.59 Å². The molecule has 1 amide bonds. The molecular weight excluding hydrogens is 350 g/mol. The molecule has 1 N–H and O–H groups in total. The lowest BCUT2D eigenvalue weighted by atomic mass is 10.3. The van der Waals surface area contributed by atoms with Gasteiger partial charge in [-0.25, -0.2) is 9.67 Å². The van der Waals surface area contributed by atoms with Crippen LogP contribution >= 0.6 is 23.1 Å². The number of hydrogen-bond acceptors (Lipinski definition) is 8. The van der Waals surface area contributed by atoms with Gasteiger partial charge in [-0.3, -0.25) is 14.0 Å². The largest absolute Gasteiger partial charge is 0.355 e. The van der Waals surface area contributed by atoms with E-state index in [1.54, 1.807) is 18.4 Å². The summed E-state index contributed by atoms with van der Waals surface area (Å²) in [6, 6.07) is 1.51. The number of nitrogens with one attached hydrogen (secondary N) is 1. The minimum atomic E-state index is -0.108. The van der Waals surface area contributed by atoms with Crippen LogP contribution in [-0.4, -0.2) is 47.8 Å². The Kier molecular flexibility index (Phi) is 4.90. The first-order valence-corrected chi connectivity index (χ1v) is 9.00. The molecule has 3 rings (SSSR count). The number of carbonyl (C=O) groups excluding carboxylic acids is 1. The minimum absolute atomic E-state index is 0.0922. The summed E-state index contributed by atoms with van der Waals surface area (Å²) >= 11 is 2.69. The van der Waals surface area contributed by atoms with Crippen LogP contribution < -0.4 is 10.9 Å². The number of thioether (sulfide) groups is 1. The normalized spacial score (nSPS) is 11.1. The zero-order valence-corrected chi connectivity index (χ0v) is 14.7. The van der Waals surface area contributed by atoms with Crippen molar-refractivity contribution in [2.75, 3.05) is 12.3 Å². The van der Waals surface area contributed by atoms with Crippen molar-refractivity contribution in [2.24, 2.45) is 7.05 Å². The van der Waals surface area contributed by atoms with Crippen LogP contribution in [0.3, 0.4) is 0 Å². The number of amides is 1. The average molecular weight is 365 g/mol. The summed E-state index contributed by atoms with van der Waals surface area (Å²) in [4.78, 5) is 28.9. The van der Waals surface area contributed by atoms with Gasteiger partial charge in [0.2, 0.25) is 11.1 Å². The molecule has 0 spiro atoms. The fraction of sp³-hybridized carbons (Fsp3) is 0.385. The number of thiazole rings is 1. The first-order valence-electron chi connectivity index (χ1n) is 7.13. The number of nitrogens with zero attached hydrogens (tertiary/aromatic N) is 6. The third-order valence-corrected chi connectivity index (χ3v) is 5.11. The lowest BCUT2D eigenvalue weighted by Gasteiger charge is -2.05. The molecule has 0 fully saturated rings. The highest BCUT2D eigenvalue weighted by Crippen LogP contribution is 2.13. The molecule has 0 aromatic carbocycles. The molecule has 11 heteroatoms. The zero-order chi connectivity index (χ0) is 17.1. The number of rotatable bonds is 6. The lowest BCUT2D eigenvalue weighted by molar-refractivity contribution is -0.118. The lowest BCUT2D eigenvalue weighted by Crippen LogP contribution is -2.28. The van der Waals surface area contributed by atoms with E-state index >= 15 is 0 Å². The molecule has 0 atom stereocenters. The number of tetrazole rings is 1. The number of carbonyl (C=O) groups is 1. The Morgan fingerprint density at radius 1 is 1.46 bits per heavy atom. The maximum atomic E-state index is 12.1. The SMILES string of the molecule is Cc1cc(=O)n2c(CCNC(=O)CSc3nnnn3C)csc2n1. The summed E-state index contributed by atoms with van der Waals surface area (Å²) < 4.78 is 3.10. The Morgan fingerprint density at radius 3 is 3.04 bits per heavy atom. The fourth-order valence-corrected chi connectivity index (χ4v) is 3.77. The summed E-state index contributed by atoms with van der Waals surface area (Å²) in [6.07, 6.45) is 0.562. The highest BCUT2D eigenvalue weighted by atomic mass is 32.2. The maximum absolute atomic E-state index is 12.1. The number of aromatic nitrogens is 6. The smallest absolute Gasteiger partial charge is 0.258 e. The number of fused-ring (bicyclic) bond motifs is 1. The van der Waals surface area contributed by atoms with E-state index in [2.05, 4.69) is 25.8 Å². The summed E-state index contributed by atoms with van der Waals surface area (Å²) in [6.45, 7) is 2.24. The van der Waals surface area contributed by atoms with Crippen LogP contribution in [0.15, 0.2) is 21.4 Å². The standard InChI is InChI=1S/C13H15N7O2S2/c1-8-5-11(22)20-9(6-23-12(20)15-8)3-4-14-10(21)7-24-13-16-17-18-19(13)2/h5-6H,3-4,7H2,1-2H3,(H,14,21).